The lowest BCUT2D eigenvalue weighted by molar-refractivity contribution is 0.163. The van der Waals surface area contributed by atoms with E-state index in [1.807, 2.05) is 0 Å². The van der Waals surface area contributed by atoms with Crippen LogP contribution < -0.4 is 5.73 Å². The monoisotopic (exact) mass is 179 g/mol. The van der Waals surface area contributed by atoms with Gasteiger partial charge in [0.25, 0.3) is 0 Å². The molecular formula is C7H17NO4. The minimum Gasteiger partial charge on any atom is -0.450 e. The summed E-state index contributed by atoms with van der Waals surface area (Å²) < 4.78 is 4.18. The SMILES string of the molecule is CCOC(N)=O.OCCCCO. The van der Waals surface area contributed by atoms with Crippen LogP contribution in [0.5, 0.6) is 0 Å². The van der Waals surface area contributed by atoms with Gasteiger partial charge in [-0.1, -0.05) is 0 Å². The molecule has 0 saturated heterocycles. The van der Waals surface area contributed by atoms with Gasteiger partial charge in [0.2, 0.25) is 0 Å². The summed E-state index contributed by atoms with van der Waals surface area (Å²) in [6.45, 7) is 2.45. The maximum Gasteiger partial charge on any atom is 0.404 e. The summed E-state index contributed by atoms with van der Waals surface area (Å²) in [6.07, 6.45) is 0.727. The van der Waals surface area contributed by atoms with Crippen LogP contribution >= 0.6 is 0 Å². The van der Waals surface area contributed by atoms with Gasteiger partial charge >= 0.3 is 6.09 Å². The normalized spacial score (nSPS) is 8.25. The topological polar surface area (TPSA) is 92.8 Å². The van der Waals surface area contributed by atoms with E-state index in [-0.39, 0.29) is 13.2 Å². The zero-order chi connectivity index (χ0) is 9.82. The molecule has 0 heterocycles. The Labute approximate surface area is 72.1 Å². The number of unbranched alkanes of at least 4 members (excludes halogenated alkanes) is 1. The van der Waals surface area contributed by atoms with Gasteiger partial charge in [0.15, 0.2) is 0 Å². The van der Waals surface area contributed by atoms with Crippen molar-refractivity contribution in [3.05, 3.63) is 0 Å². The number of aliphatic hydroxyl groups excluding tert-OH is 2. The molecule has 5 nitrogen and oxygen atoms in total. The Morgan fingerprint density at radius 3 is 1.83 bits per heavy atom. The second kappa shape index (κ2) is 12.8. The van der Waals surface area contributed by atoms with Gasteiger partial charge in [-0.2, -0.15) is 0 Å². The first-order valence-corrected chi connectivity index (χ1v) is 3.83. The van der Waals surface area contributed by atoms with Gasteiger partial charge in [-0.25, -0.2) is 4.79 Å². The van der Waals surface area contributed by atoms with Crippen molar-refractivity contribution < 1.29 is 19.7 Å². The van der Waals surface area contributed by atoms with E-state index in [0.29, 0.717) is 6.61 Å². The number of carbonyl (C=O) groups is 1. The summed E-state index contributed by atoms with van der Waals surface area (Å²) >= 11 is 0. The van der Waals surface area contributed by atoms with Crippen LogP contribution in [-0.4, -0.2) is 36.1 Å². The van der Waals surface area contributed by atoms with Gasteiger partial charge in [-0.15, -0.1) is 0 Å². The van der Waals surface area contributed by atoms with Crippen LogP contribution in [0, 0.1) is 0 Å². The first-order chi connectivity index (χ1) is 5.68. The third-order valence-corrected chi connectivity index (χ3v) is 0.853. The molecule has 0 atom stereocenters. The van der Waals surface area contributed by atoms with E-state index < -0.39 is 6.09 Å². The summed E-state index contributed by atoms with van der Waals surface area (Å²) in [4.78, 5) is 9.60. The largest absolute Gasteiger partial charge is 0.450 e. The average Bonchev–Trinajstić information content (AvgIpc) is 2.02. The highest BCUT2D eigenvalue weighted by Crippen LogP contribution is 1.80. The summed E-state index contributed by atoms with van der Waals surface area (Å²) in [7, 11) is 0. The Kier molecular flexibility index (Phi) is 14.7. The van der Waals surface area contributed by atoms with E-state index in [1.165, 1.54) is 0 Å². The quantitative estimate of drug-likeness (QED) is 0.523. The second-order valence-corrected chi connectivity index (χ2v) is 1.91. The lowest BCUT2D eigenvalue weighted by Crippen LogP contribution is -2.11. The highest BCUT2D eigenvalue weighted by molar-refractivity contribution is 5.64. The predicted molar refractivity (Wildman–Crippen MR) is 44.6 cm³/mol. The van der Waals surface area contributed by atoms with Crippen molar-refractivity contribution in [2.24, 2.45) is 5.73 Å². The Bertz CT molecular complexity index is 93.4. The highest BCUT2D eigenvalue weighted by atomic mass is 16.5. The van der Waals surface area contributed by atoms with Crippen molar-refractivity contribution in [1.29, 1.82) is 0 Å². The lowest BCUT2D eigenvalue weighted by Gasteiger charge is -1.89. The van der Waals surface area contributed by atoms with Crippen molar-refractivity contribution >= 4 is 6.09 Å². The minimum absolute atomic E-state index is 0.195. The van der Waals surface area contributed by atoms with Crippen LogP contribution in [0.2, 0.25) is 0 Å². The van der Waals surface area contributed by atoms with Crippen molar-refractivity contribution in [2.75, 3.05) is 19.8 Å². The number of carbonyl (C=O) groups excluding carboxylic acids is 1. The highest BCUT2D eigenvalue weighted by Gasteiger charge is 1.82. The zero-order valence-corrected chi connectivity index (χ0v) is 7.32. The maximum atomic E-state index is 9.60. The molecule has 0 aliphatic heterocycles. The van der Waals surface area contributed by atoms with E-state index in [9.17, 15) is 4.79 Å². The summed E-state index contributed by atoms with van der Waals surface area (Å²) in [5.74, 6) is 0. The van der Waals surface area contributed by atoms with Gasteiger partial charge in [-0.3, -0.25) is 0 Å². The molecule has 0 saturated carbocycles. The van der Waals surface area contributed by atoms with Crippen LogP contribution in [0.15, 0.2) is 0 Å². The molecule has 0 aromatic carbocycles. The van der Waals surface area contributed by atoms with Gasteiger partial charge in [-0.05, 0) is 19.8 Å². The summed E-state index contributed by atoms with van der Waals surface area (Å²) in [5.41, 5.74) is 4.54. The molecule has 0 aliphatic carbocycles. The molecule has 0 spiro atoms. The van der Waals surface area contributed by atoms with E-state index in [4.69, 9.17) is 10.2 Å². The molecule has 0 unspecified atom stereocenters. The van der Waals surface area contributed by atoms with Crippen molar-refractivity contribution in [3.63, 3.8) is 0 Å². The second-order valence-electron chi connectivity index (χ2n) is 1.91. The molecule has 0 aliphatic rings. The fraction of sp³-hybridized carbons (Fsp3) is 0.857. The van der Waals surface area contributed by atoms with Crippen LogP contribution in [0.3, 0.4) is 0 Å². The first kappa shape index (κ1) is 13.8. The standard InChI is InChI=1S/C4H10O2.C3H7NO2/c5-3-1-2-4-6;1-2-6-3(4)5/h5-6H,1-4H2;2H2,1H3,(H2,4,5). The Balaban J connectivity index is 0. The zero-order valence-electron chi connectivity index (χ0n) is 7.32. The molecular weight excluding hydrogens is 162 g/mol. The number of rotatable bonds is 4. The molecule has 12 heavy (non-hydrogen) atoms. The average molecular weight is 179 g/mol. The van der Waals surface area contributed by atoms with Crippen LogP contribution in [0.1, 0.15) is 19.8 Å². The summed E-state index contributed by atoms with van der Waals surface area (Å²) in [6, 6.07) is 0. The Hall–Kier alpha value is -0.810. The summed E-state index contributed by atoms with van der Waals surface area (Å²) in [5, 5.41) is 16.2. The predicted octanol–water partition coefficient (Wildman–Crippen LogP) is -0.147. The fourth-order valence-electron chi connectivity index (χ4n) is 0.366. The van der Waals surface area contributed by atoms with Crippen molar-refractivity contribution in [2.45, 2.75) is 19.8 Å². The van der Waals surface area contributed by atoms with Crippen LogP contribution in [0.4, 0.5) is 4.79 Å². The smallest absolute Gasteiger partial charge is 0.404 e. The number of primary amides is 1. The number of nitrogens with two attached hydrogens (primary N) is 1. The minimum atomic E-state index is -0.711. The number of ether oxygens (including phenoxy) is 1. The molecule has 0 bridgehead atoms. The van der Waals surface area contributed by atoms with E-state index in [1.54, 1.807) is 6.92 Å². The molecule has 1 amide bonds. The van der Waals surface area contributed by atoms with Crippen molar-refractivity contribution in [3.8, 4) is 0 Å². The molecule has 74 valence electrons. The molecule has 0 aromatic heterocycles. The Morgan fingerprint density at radius 1 is 1.33 bits per heavy atom. The van der Waals surface area contributed by atoms with E-state index in [2.05, 4.69) is 10.5 Å². The van der Waals surface area contributed by atoms with Crippen LogP contribution in [-0.2, 0) is 4.74 Å². The van der Waals surface area contributed by atoms with Gasteiger partial charge in [0.05, 0.1) is 6.61 Å². The fourth-order valence-corrected chi connectivity index (χ4v) is 0.366. The number of hydrogen-bond acceptors (Lipinski definition) is 4. The van der Waals surface area contributed by atoms with Crippen LogP contribution in [0.25, 0.3) is 0 Å². The molecule has 0 rings (SSSR count). The third kappa shape index (κ3) is 22.9. The number of hydrogen-bond donors (Lipinski definition) is 3. The third-order valence-electron chi connectivity index (χ3n) is 0.853. The molecule has 0 radical (unpaired) electrons. The molecule has 0 fully saturated rings. The lowest BCUT2D eigenvalue weighted by atomic mass is 10.3. The Morgan fingerprint density at radius 2 is 1.75 bits per heavy atom. The maximum absolute atomic E-state index is 9.60. The molecule has 5 heteroatoms. The van der Waals surface area contributed by atoms with Crippen molar-refractivity contribution in [1.82, 2.24) is 0 Å². The van der Waals surface area contributed by atoms with Gasteiger partial charge < -0.3 is 20.7 Å². The van der Waals surface area contributed by atoms with Gasteiger partial charge in [0, 0.05) is 13.2 Å². The number of aliphatic hydroxyl groups is 2. The van der Waals surface area contributed by atoms with E-state index >= 15 is 0 Å². The van der Waals surface area contributed by atoms with Gasteiger partial charge in [0.1, 0.15) is 0 Å². The molecule has 0 aromatic rings. The molecule has 4 N–H and O–H groups in total. The first-order valence-electron chi connectivity index (χ1n) is 3.83. The number of amides is 1. The van der Waals surface area contributed by atoms with E-state index in [0.717, 1.165) is 12.8 Å².